The summed E-state index contributed by atoms with van der Waals surface area (Å²) in [5.74, 6) is 1.20. The molecule has 6 heteroatoms. The van der Waals surface area contributed by atoms with E-state index < -0.39 is 0 Å². The van der Waals surface area contributed by atoms with Gasteiger partial charge in [0.2, 0.25) is 0 Å². The van der Waals surface area contributed by atoms with Gasteiger partial charge in [-0.2, -0.15) is 11.3 Å². The van der Waals surface area contributed by atoms with Crippen molar-refractivity contribution < 1.29 is 14.3 Å². The summed E-state index contributed by atoms with van der Waals surface area (Å²) in [6.45, 7) is 3.89. The number of ether oxygens (including phenoxy) is 2. The van der Waals surface area contributed by atoms with Crippen LogP contribution in [0.3, 0.4) is 0 Å². The van der Waals surface area contributed by atoms with E-state index in [0.717, 1.165) is 19.6 Å². The molecule has 0 aliphatic carbocycles. The third-order valence-electron chi connectivity index (χ3n) is 4.07. The molecule has 0 spiro atoms. The highest BCUT2D eigenvalue weighted by Gasteiger charge is 2.13. The van der Waals surface area contributed by atoms with Gasteiger partial charge in [0.15, 0.2) is 11.5 Å². The summed E-state index contributed by atoms with van der Waals surface area (Å²) in [4.78, 5) is 14.5. The molecule has 1 aromatic heterocycles. The SMILES string of the molecule is COc1cc(NC(=O)c2ccsc2)ccc1OCCN1CCCC1. The number of amides is 1. The van der Waals surface area contributed by atoms with Gasteiger partial charge in [0.25, 0.3) is 5.91 Å². The van der Waals surface area contributed by atoms with Gasteiger partial charge in [-0.05, 0) is 49.5 Å². The maximum absolute atomic E-state index is 12.1. The molecule has 0 unspecified atom stereocenters. The first-order chi connectivity index (χ1) is 11.8. The third-order valence-corrected chi connectivity index (χ3v) is 4.75. The van der Waals surface area contributed by atoms with E-state index in [2.05, 4.69) is 10.2 Å². The fourth-order valence-electron chi connectivity index (χ4n) is 2.75. The van der Waals surface area contributed by atoms with Gasteiger partial charge in [-0.1, -0.05) is 0 Å². The molecule has 24 heavy (non-hydrogen) atoms. The van der Waals surface area contributed by atoms with Crippen LogP contribution >= 0.6 is 11.3 Å². The van der Waals surface area contributed by atoms with Crippen LogP contribution in [-0.4, -0.2) is 44.2 Å². The lowest BCUT2D eigenvalue weighted by Gasteiger charge is -2.16. The molecule has 1 aliphatic rings. The van der Waals surface area contributed by atoms with Gasteiger partial charge < -0.3 is 14.8 Å². The third kappa shape index (κ3) is 4.27. The fourth-order valence-corrected chi connectivity index (χ4v) is 3.39. The van der Waals surface area contributed by atoms with Crippen LogP contribution in [0.1, 0.15) is 23.2 Å². The number of hydrogen-bond donors (Lipinski definition) is 1. The first-order valence-electron chi connectivity index (χ1n) is 8.13. The standard InChI is InChI=1S/C18H22N2O3S/c1-22-17-12-15(19-18(21)14-6-11-24-13-14)4-5-16(17)23-10-9-20-7-2-3-8-20/h4-6,11-13H,2-3,7-10H2,1H3,(H,19,21). The summed E-state index contributed by atoms with van der Waals surface area (Å²) in [5, 5.41) is 6.57. The molecule has 3 rings (SSSR count). The number of rotatable bonds is 7. The summed E-state index contributed by atoms with van der Waals surface area (Å²) in [6.07, 6.45) is 2.56. The smallest absolute Gasteiger partial charge is 0.256 e. The minimum atomic E-state index is -0.124. The number of anilines is 1. The lowest BCUT2D eigenvalue weighted by Crippen LogP contribution is -2.25. The lowest BCUT2D eigenvalue weighted by molar-refractivity contribution is 0.102. The van der Waals surface area contributed by atoms with Crippen molar-refractivity contribution in [2.75, 3.05) is 38.7 Å². The molecule has 1 fully saturated rings. The molecule has 5 nitrogen and oxygen atoms in total. The van der Waals surface area contributed by atoms with Crippen molar-refractivity contribution in [2.45, 2.75) is 12.8 Å². The largest absolute Gasteiger partial charge is 0.493 e. The van der Waals surface area contributed by atoms with Gasteiger partial charge in [-0.15, -0.1) is 0 Å². The zero-order valence-corrected chi connectivity index (χ0v) is 14.6. The molecule has 1 N–H and O–H groups in total. The van der Waals surface area contributed by atoms with Gasteiger partial charge in [0, 0.05) is 23.7 Å². The Morgan fingerprint density at radius 3 is 2.79 bits per heavy atom. The molecule has 1 saturated heterocycles. The Kier molecular flexibility index (Phi) is 5.72. The normalized spacial score (nSPS) is 14.5. The van der Waals surface area contributed by atoms with E-state index in [9.17, 15) is 4.79 Å². The van der Waals surface area contributed by atoms with E-state index in [4.69, 9.17) is 9.47 Å². The van der Waals surface area contributed by atoms with Gasteiger partial charge in [0.05, 0.1) is 12.7 Å². The lowest BCUT2D eigenvalue weighted by atomic mass is 10.2. The first kappa shape index (κ1) is 16.8. The number of nitrogens with zero attached hydrogens (tertiary/aromatic N) is 1. The predicted octanol–water partition coefficient (Wildman–Crippen LogP) is 3.48. The minimum absolute atomic E-state index is 0.124. The average molecular weight is 346 g/mol. The maximum atomic E-state index is 12.1. The van der Waals surface area contributed by atoms with Crippen LogP contribution in [0, 0.1) is 0 Å². The number of likely N-dealkylation sites (tertiary alicyclic amines) is 1. The molecule has 128 valence electrons. The van der Waals surface area contributed by atoms with Gasteiger partial charge in [-0.25, -0.2) is 0 Å². The number of benzene rings is 1. The maximum Gasteiger partial charge on any atom is 0.256 e. The fraction of sp³-hybridized carbons (Fsp3) is 0.389. The zero-order valence-electron chi connectivity index (χ0n) is 13.8. The highest BCUT2D eigenvalue weighted by atomic mass is 32.1. The summed E-state index contributed by atoms with van der Waals surface area (Å²) in [5.41, 5.74) is 1.35. The van der Waals surface area contributed by atoms with Crippen molar-refractivity contribution in [3.63, 3.8) is 0 Å². The van der Waals surface area contributed by atoms with Crippen LogP contribution in [-0.2, 0) is 0 Å². The van der Waals surface area contributed by atoms with Crippen LogP contribution in [0.4, 0.5) is 5.69 Å². The van der Waals surface area contributed by atoms with Crippen molar-refractivity contribution in [3.05, 3.63) is 40.6 Å². The summed E-state index contributed by atoms with van der Waals surface area (Å²) in [6, 6.07) is 7.26. The first-order valence-corrected chi connectivity index (χ1v) is 9.07. The van der Waals surface area contributed by atoms with E-state index in [0.29, 0.717) is 29.4 Å². The van der Waals surface area contributed by atoms with Crippen molar-refractivity contribution in [1.82, 2.24) is 4.90 Å². The van der Waals surface area contributed by atoms with E-state index in [1.807, 2.05) is 22.9 Å². The molecular formula is C18H22N2O3S. The number of carbonyl (C=O) groups excluding carboxylic acids is 1. The Labute approximate surface area is 146 Å². The second-order valence-corrected chi connectivity index (χ2v) is 6.51. The molecule has 2 aromatic rings. The summed E-state index contributed by atoms with van der Waals surface area (Å²) in [7, 11) is 1.60. The summed E-state index contributed by atoms with van der Waals surface area (Å²) < 4.78 is 11.2. The highest BCUT2D eigenvalue weighted by Crippen LogP contribution is 2.30. The molecule has 0 radical (unpaired) electrons. The van der Waals surface area contributed by atoms with Crippen molar-refractivity contribution >= 4 is 22.9 Å². The van der Waals surface area contributed by atoms with E-state index >= 15 is 0 Å². The molecule has 0 atom stereocenters. The van der Waals surface area contributed by atoms with E-state index in [1.54, 1.807) is 19.2 Å². The monoisotopic (exact) mass is 346 g/mol. The number of thiophene rings is 1. The van der Waals surface area contributed by atoms with Crippen molar-refractivity contribution in [1.29, 1.82) is 0 Å². The van der Waals surface area contributed by atoms with Crippen molar-refractivity contribution in [2.24, 2.45) is 0 Å². The molecule has 0 saturated carbocycles. The number of methoxy groups -OCH3 is 1. The molecule has 1 aliphatic heterocycles. The molecular weight excluding hydrogens is 324 g/mol. The Morgan fingerprint density at radius 1 is 1.25 bits per heavy atom. The van der Waals surface area contributed by atoms with Crippen molar-refractivity contribution in [3.8, 4) is 11.5 Å². The van der Waals surface area contributed by atoms with Crippen LogP contribution in [0.5, 0.6) is 11.5 Å². The predicted molar refractivity (Wildman–Crippen MR) is 96.4 cm³/mol. The minimum Gasteiger partial charge on any atom is -0.493 e. The summed E-state index contributed by atoms with van der Waals surface area (Å²) >= 11 is 1.50. The van der Waals surface area contributed by atoms with Crippen LogP contribution in [0.15, 0.2) is 35.0 Å². The quantitative estimate of drug-likeness (QED) is 0.834. The molecule has 1 amide bonds. The Bertz CT molecular complexity index is 667. The zero-order chi connectivity index (χ0) is 16.8. The molecule has 1 aromatic carbocycles. The Balaban J connectivity index is 1.58. The van der Waals surface area contributed by atoms with E-state index in [-0.39, 0.29) is 5.91 Å². The Hall–Kier alpha value is -2.05. The van der Waals surface area contributed by atoms with E-state index in [1.165, 1.54) is 24.2 Å². The van der Waals surface area contributed by atoms with Gasteiger partial charge in [-0.3, -0.25) is 9.69 Å². The second kappa shape index (κ2) is 8.17. The molecule has 2 heterocycles. The number of carbonyl (C=O) groups is 1. The van der Waals surface area contributed by atoms with Gasteiger partial charge in [0.1, 0.15) is 6.61 Å². The Morgan fingerprint density at radius 2 is 2.08 bits per heavy atom. The van der Waals surface area contributed by atoms with Crippen LogP contribution in [0.25, 0.3) is 0 Å². The molecule has 0 bridgehead atoms. The number of nitrogens with one attached hydrogen (secondary N) is 1. The second-order valence-electron chi connectivity index (χ2n) is 5.73. The van der Waals surface area contributed by atoms with Crippen LogP contribution in [0.2, 0.25) is 0 Å². The number of hydrogen-bond acceptors (Lipinski definition) is 5. The van der Waals surface area contributed by atoms with Crippen LogP contribution < -0.4 is 14.8 Å². The van der Waals surface area contributed by atoms with Gasteiger partial charge >= 0.3 is 0 Å². The topological polar surface area (TPSA) is 50.8 Å². The highest BCUT2D eigenvalue weighted by molar-refractivity contribution is 7.08. The average Bonchev–Trinajstić information content (AvgIpc) is 3.29.